The van der Waals surface area contributed by atoms with Gasteiger partial charge in [-0.15, -0.1) is 0 Å². The number of hydrogen-bond donors (Lipinski definition) is 5. The van der Waals surface area contributed by atoms with Crippen molar-refractivity contribution in [1.29, 1.82) is 0 Å². The first-order valence-electron chi connectivity index (χ1n) is 9.96. The van der Waals surface area contributed by atoms with Crippen LogP contribution in [0.15, 0.2) is 36.9 Å². The summed E-state index contributed by atoms with van der Waals surface area (Å²) in [6.45, 7) is 5.76. The normalized spacial score (nSPS) is 15.9. The number of amides is 1. The molecule has 1 fully saturated rings. The number of nitrogens with one attached hydrogen (secondary N) is 5. The number of rotatable bonds is 7. The molecule has 0 aliphatic carbocycles. The van der Waals surface area contributed by atoms with Gasteiger partial charge in [0.1, 0.15) is 11.6 Å². The number of aromatic amines is 1. The Morgan fingerprint density at radius 2 is 2.13 bits per heavy atom. The second-order valence-corrected chi connectivity index (χ2v) is 7.45. The van der Waals surface area contributed by atoms with Crippen molar-refractivity contribution in [3.63, 3.8) is 0 Å². The summed E-state index contributed by atoms with van der Waals surface area (Å²) in [5.74, 6) is 1.60. The van der Waals surface area contributed by atoms with Gasteiger partial charge >= 0.3 is 0 Å². The fourth-order valence-electron chi connectivity index (χ4n) is 3.25. The molecule has 1 aliphatic heterocycles. The zero-order chi connectivity index (χ0) is 20.9. The van der Waals surface area contributed by atoms with Crippen molar-refractivity contribution in [3.8, 4) is 11.4 Å². The van der Waals surface area contributed by atoms with Crippen molar-refractivity contribution in [3.05, 3.63) is 42.5 Å². The van der Waals surface area contributed by atoms with E-state index < -0.39 is 0 Å². The molecule has 3 aromatic heterocycles. The lowest BCUT2D eigenvalue weighted by Crippen LogP contribution is -2.36. The van der Waals surface area contributed by atoms with E-state index in [1.165, 1.54) is 0 Å². The molecule has 0 radical (unpaired) electrons. The number of hydrogen-bond acceptors (Lipinski definition) is 8. The average Bonchev–Trinajstić information content (AvgIpc) is 3.42. The molecule has 4 heterocycles. The van der Waals surface area contributed by atoms with Crippen molar-refractivity contribution in [1.82, 2.24) is 35.8 Å². The molecule has 156 valence electrons. The molecule has 1 saturated heterocycles. The third-order valence-electron chi connectivity index (χ3n) is 4.66. The Labute approximate surface area is 174 Å². The monoisotopic (exact) mass is 407 g/mol. The summed E-state index contributed by atoms with van der Waals surface area (Å²) in [5.41, 5.74) is 2.03. The fraction of sp³-hybridized carbons (Fsp3) is 0.350. The Morgan fingerprint density at radius 1 is 1.23 bits per heavy atom. The van der Waals surface area contributed by atoms with Crippen molar-refractivity contribution < 1.29 is 4.79 Å². The van der Waals surface area contributed by atoms with Crippen molar-refractivity contribution >= 4 is 23.2 Å². The summed E-state index contributed by atoms with van der Waals surface area (Å²) in [6, 6.07) is 3.88. The van der Waals surface area contributed by atoms with Gasteiger partial charge in [-0.3, -0.25) is 9.89 Å². The van der Waals surface area contributed by atoms with Crippen LogP contribution in [0.5, 0.6) is 0 Å². The van der Waals surface area contributed by atoms with E-state index in [1.54, 1.807) is 30.9 Å². The van der Waals surface area contributed by atoms with Crippen LogP contribution in [0.3, 0.4) is 0 Å². The lowest BCUT2D eigenvalue weighted by molar-refractivity contribution is 0.0940. The summed E-state index contributed by atoms with van der Waals surface area (Å²) >= 11 is 0. The van der Waals surface area contributed by atoms with Gasteiger partial charge in [0.2, 0.25) is 0 Å². The van der Waals surface area contributed by atoms with Gasteiger partial charge in [0.05, 0.1) is 23.0 Å². The fourth-order valence-corrected chi connectivity index (χ4v) is 3.25. The molecule has 5 N–H and O–H groups in total. The maximum absolute atomic E-state index is 12.8. The molecule has 4 rings (SSSR count). The molecule has 0 saturated carbocycles. The Balaban J connectivity index is 1.55. The van der Waals surface area contributed by atoms with E-state index in [2.05, 4.69) is 46.4 Å². The average molecular weight is 407 g/mol. The minimum absolute atomic E-state index is 0.129. The Bertz CT molecular complexity index is 997. The highest BCUT2D eigenvalue weighted by Crippen LogP contribution is 2.23. The highest BCUT2D eigenvalue weighted by Gasteiger charge is 2.20. The molecular formula is C20H25N9O. The third-order valence-corrected chi connectivity index (χ3v) is 4.66. The number of anilines is 3. The lowest BCUT2D eigenvalue weighted by atomic mass is 10.1. The molecule has 30 heavy (non-hydrogen) atoms. The first-order valence-corrected chi connectivity index (χ1v) is 9.96. The van der Waals surface area contributed by atoms with Gasteiger partial charge in [0.15, 0.2) is 5.82 Å². The van der Waals surface area contributed by atoms with Crippen molar-refractivity contribution in [2.75, 3.05) is 23.7 Å². The maximum Gasteiger partial charge on any atom is 0.255 e. The molecule has 0 bridgehead atoms. The molecule has 1 unspecified atom stereocenters. The number of carbonyl (C=O) groups excluding carboxylic acids is 1. The van der Waals surface area contributed by atoms with E-state index in [0.29, 0.717) is 23.0 Å². The van der Waals surface area contributed by atoms with Crippen LogP contribution in [0.1, 0.15) is 30.6 Å². The smallest absolute Gasteiger partial charge is 0.255 e. The summed E-state index contributed by atoms with van der Waals surface area (Å²) in [6.07, 6.45) is 7.58. The third kappa shape index (κ3) is 4.71. The van der Waals surface area contributed by atoms with Crippen LogP contribution in [0, 0.1) is 0 Å². The zero-order valence-corrected chi connectivity index (χ0v) is 16.9. The molecule has 10 nitrogen and oxygen atoms in total. The SMILES string of the molecule is CC(C)Nc1cc(Nc2ccnc(-c3cn[nH]c3)n2)ncc1C(=O)NC1CCNC1. The Kier molecular flexibility index (Phi) is 5.84. The van der Waals surface area contributed by atoms with Gasteiger partial charge in [-0.2, -0.15) is 5.10 Å². The van der Waals surface area contributed by atoms with Gasteiger partial charge in [-0.25, -0.2) is 15.0 Å². The summed E-state index contributed by atoms with van der Waals surface area (Å²) < 4.78 is 0. The molecule has 0 spiro atoms. The van der Waals surface area contributed by atoms with E-state index >= 15 is 0 Å². The Hall–Kier alpha value is -3.53. The second-order valence-electron chi connectivity index (χ2n) is 7.45. The minimum atomic E-state index is -0.129. The Morgan fingerprint density at radius 3 is 2.87 bits per heavy atom. The first-order chi connectivity index (χ1) is 14.6. The minimum Gasteiger partial charge on any atom is -0.382 e. The van der Waals surface area contributed by atoms with E-state index in [0.717, 1.165) is 30.8 Å². The van der Waals surface area contributed by atoms with Gasteiger partial charge in [-0.05, 0) is 32.9 Å². The number of carbonyl (C=O) groups is 1. The first kappa shape index (κ1) is 19.8. The summed E-state index contributed by atoms with van der Waals surface area (Å²) in [7, 11) is 0. The summed E-state index contributed by atoms with van der Waals surface area (Å²) in [5, 5.41) is 19.5. The number of H-pyrrole nitrogens is 1. The quantitative estimate of drug-likeness (QED) is 0.401. The largest absolute Gasteiger partial charge is 0.382 e. The van der Waals surface area contributed by atoms with E-state index in [4.69, 9.17) is 0 Å². The van der Waals surface area contributed by atoms with Crippen LogP contribution in [-0.4, -0.2) is 56.2 Å². The molecule has 0 aromatic carbocycles. The predicted octanol–water partition coefficient (Wildman–Crippen LogP) is 1.92. The van der Waals surface area contributed by atoms with E-state index in [1.807, 2.05) is 19.9 Å². The molecule has 1 atom stereocenters. The molecule has 10 heteroatoms. The van der Waals surface area contributed by atoms with Gasteiger partial charge < -0.3 is 21.3 Å². The van der Waals surface area contributed by atoms with Crippen LogP contribution in [0.4, 0.5) is 17.3 Å². The molecule has 1 aliphatic rings. The lowest BCUT2D eigenvalue weighted by Gasteiger charge is -2.18. The zero-order valence-electron chi connectivity index (χ0n) is 16.9. The maximum atomic E-state index is 12.8. The van der Waals surface area contributed by atoms with Gasteiger partial charge in [0.25, 0.3) is 5.91 Å². The number of pyridine rings is 1. The van der Waals surface area contributed by atoms with Crippen LogP contribution in [0.25, 0.3) is 11.4 Å². The molecular weight excluding hydrogens is 382 g/mol. The van der Waals surface area contributed by atoms with Crippen molar-refractivity contribution in [2.24, 2.45) is 0 Å². The van der Waals surface area contributed by atoms with Crippen LogP contribution < -0.4 is 21.3 Å². The second kappa shape index (κ2) is 8.87. The molecule has 3 aromatic rings. The van der Waals surface area contributed by atoms with Crippen LogP contribution in [0.2, 0.25) is 0 Å². The highest BCUT2D eigenvalue weighted by molar-refractivity contribution is 6.00. The van der Waals surface area contributed by atoms with Crippen LogP contribution >= 0.6 is 0 Å². The van der Waals surface area contributed by atoms with Crippen molar-refractivity contribution in [2.45, 2.75) is 32.4 Å². The predicted molar refractivity (Wildman–Crippen MR) is 115 cm³/mol. The van der Waals surface area contributed by atoms with Crippen LogP contribution in [-0.2, 0) is 0 Å². The topological polar surface area (TPSA) is 133 Å². The highest BCUT2D eigenvalue weighted by atomic mass is 16.1. The van der Waals surface area contributed by atoms with Gasteiger partial charge in [-0.1, -0.05) is 0 Å². The number of nitrogens with zero attached hydrogens (tertiary/aromatic N) is 4. The molecule has 1 amide bonds. The van der Waals surface area contributed by atoms with E-state index in [-0.39, 0.29) is 18.0 Å². The summed E-state index contributed by atoms with van der Waals surface area (Å²) in [4.78, 5) is 26.0. The standard InChI is InChI=1S/C20H25N9O/c1-12(2)26-16-7-18(23-11-15(16)20(30)27-14-3-5-21-10-14)28-17-4-6-22-19(29-17)13-8-24-25-9-13/h4,6-9,11-12,14,21H,3,5,10H2,1-2H3,(H,24,25)(H,27,30)(H2,22,23,26,28,29). The van der Waals surface area contributed by atoms with Gasteiger partial charge in [0, 0.05) is 43.3 Å². The van der Waals surface area contributed by atoms with E-state index in [9.17, 15) is 4.79 Å². The number of aromatic nitrogens is 5.